The van der Waals surface area contributed by atoms with Crippen molar-refractivity contribution in [3.8, 4) is 0 Å². The first-order valence-corrected chi connectivity index (χ1v) is 8.95. The summed E-state index contributed by atoms with van der Waals surface area (Å²) in [5, 5.41) is 13.8. The second-order valence-corrected chi connectivity index (χ2v) is 7.03. The van der Waals surface area contributed by atoms with Crippen LogP contribution in [0.2, 0.25) is 0 Å². The third kappa shape index (κ3) is 5.46. The van der Waals surface area contributed by atoms with E-state index in [-0.39, 0.29) is 16.6 Å². The van der Waals surface area contributed by atoms with Crippen LogP contribution in [0.1, 0.15) is 30.9 Å². The zero-order valence-corrected chi connectivity index (χ0v) is 15.4. The maximum Gasteiger partial charge on any atom is 0.416 e. The number of alkyl halides is 3. The van der Waals surface area contributed by atoms with Crippen molar-refractivity contribution in [2.75, 3.05) is 11.1 Å². The first-order valence-electron chi connectivity index (χ1n) is 7.96. The van der Waals surface area contributed by atoms with Crippen LogP contribution in [0.4, 0.5) is 24.5 Å². The number of amides is 1. The monoisotopic (exact) mass is 398 g/mol. The van der Waals surface area contributed by atoms with E-state index in [0.29, 0.717) is 11.8 Å². The Morgan fingerprint density at radius 3 is 2.48 bits per heavy atom. The fourth-order valence-electron chi connectivity index (χ4n) is 2.40. The van der Waals surface area contributed by atoms with Crippen molar-refractivity contribution in [1.82, 2.24) is 0 Å². The number of thioether (sulfide) groups is 1. The highest BCUT2D eigenvalue weighted by Crippen LogP contribution is 2.36. The second-order valence-electron chi connectivity index (χ2n) is 6.02. The predicted octanol–water partition coefficient (Wildman–Crippen LogP) is 5.47. The van der Waals surface area contributed by atoms with E-state index in [9.17, 15) is 28.1 Å². The van der Waals surface area contributed by atoms with Crippen LogP contribution in [-0.2, 0) is 11.0 Å². The van der Waals surface area contributed by atoms with Gasteiger partial charge in [0.2, 0.25) is 5.91 Å². The Bertz CT molecular complexity index is 854. The van der Waals surface area contributed by atoms with Crippen LogP contribution in [0, 0.1) is 10.1 Å². The molecular weight excluding hydrogens is 381 g/mol. The molecule has 2 rings (SSSR count). The molecule has 0 radical (unpaired) electrons. The number of hydrogen-bond donors (Lipinski definition) is 1. The number of nitrogens with one attached hydrogen (secondary N) is 1. The van der Waals surface area contributed by atoms with Gasteiger partial charge in [0.05, 0.1) is 21.1 Å². The van der Waals surface area contributed by atoms with Gasteiger partial charge in [-0.15, -0.1) is 11.8 Å². The molecule has 0 unspecified atom stereocenters. The van der Waals surface area contributed by atoms with E-state index in [1.54, 1.807) is 12.1 Å². The minimum absolute atomic E-state index is 0.000273. The third-order valence-electron chi connectivity index (χ3n) is 3.70. The fraction of sp³-hybridized carbons (Fsp3) is 0.278. The Kier molecular flexibility index (Phi) is 6.48. The Labute approximate surface area is 158 Å². The lowest BCUT2D eigenvalue weighted by Crippen LogP contribution is -2.15. The standard InChI is InChI=1S/C18H17F3N2O3S/c1-11(2)13-5-3-4-6-14(13)22-17(24)10-27-16-8-7-12(18(19,20)21)9-15(16)23(25)26/h3-9,11H,10H2,1-2H3,(H,22,24). The zero-order valence-electron chi connectivity index (χ0n) is 14.5. The van der Waals surface area contributed by atoms with Crippen molar-refractivity contribution in [3.63, 3.8) is 0 Å². The lowest BCUT2D eigenvalue weighted by Gasteiger charge is -2.13. The highest BCUT2D eigenvalue weighted by molar-refractivity contribution is 8.00. The molecule has 27 heavy (non-hydrogen) atoms. The molecule has 0 bridgehead atoms. The van der Waals surface area contributed by atoms with Gasteiger partial charge in [-0.3, -0.25) is 14.9 Å². The summed E-state index contributed by atoms with van der Waals surface area (Å²) >= 11 is 0.815. The molecule has 0 aliphatic carbocycles. The van der Waals surface area contributed by atoms with Gasteiger partial charge >= 0.3 is 6.18 Å². The van der Waals surface area contributed by atoms with Crippen LogP contribution in [0.25, 0.3) is 0 Å². The van der Waals surface area contributed by atoms with Gasteiger partial charge in [-0.25, -0.2) is 0 Å². The summed E-state index contributed by atoms with van der Waals surface area (Å²) in [6.07, 6.45) is -4.67. The second kappa shape index (κ2) is 8.43. The lowest BCUT2D eigenvalue weighted by molar-refractivity contribution is -0.388. The van der Waals surface area contributed by atoms with Crippen molar-refractivity contribution in [1.29, 1.82) is 0 Å². The quantitative estimate of drug-likeness (QED) is 0.398. The molecule has 0 aromatic heterocycles. The van der Waals surface area contributed by atoms with Crippen LogP contribution >= 0.6 is 11.8 Å². The van der Waals surface area contributed by atoms with E-state index in [1.807, 2.05) is 26.0 Å². The van der Waals surface area contributed by atoms with Gasteiger partial charge in [-0.1, -0.05) is 32.0 Å². The molecule has 144 valence electrons. The van der Waals surface area contributed by atoms with E-state index >= 15 is 0 Å². The summed E-state index contributed by atoms with van der Waals surface area (Å²) in [6.45, 7) is 3.95. The number of nitrogens with zero attached hydrogens (tertiary/aromatic N) is 1. The van der Waals surface area contributed by atoms with Gasteiger partial charge in [0.1, 0.15) is 0 Å². The number of rotatable bonds is 6. The molecule has 9 heteroatoms. The van der Waals surface area contributed by atoms with Gasteiger partial charge in [0, 0.05) is 11.8 Å². The number of para-hydroxylation sites is 1. The van der Waals surface area contributed by atoms with Crippen molar-refractivity contribution < 1.29 is 22.9 Å². The van der Waals surface area contributed by atoms with Gasteiger partial charge in [-0.2, -0.15) is 13.2 Å². The minimum atomic E-state index is -4.67. The average molecular weight is 398 g/mol. The van der Waals surface area contributed by atoms with Crippen molar-refractivity contribution in [3.05, 3.63) is 63.7 Å². The van der Waals surface area contributed by atoms with E-state index in [0.717, 1.165) is 29.5 Å². The average Bonchev–Trinajstić information content (AvgIpc) is 2.59. The molecule has 5 nitrogen and oxygen atoms in total. The Morgan fingerprint density at radius 1 is 1.22 bits per heavy atom. The van der Waals surface area contributed by atoms with E-state index in [2.05, 4.69) is 5.32 Å². The normalized spacial score (nSPS) is 11.5. The molecule has 0 saturated heterocycles. The van der Waals surface area contributed by atoms with Crippen molar-refractivity contribution >= 4 is 29.0 Å². The zero-order chi connectivity index (χ0) is 20.2. The molecule has 0 spiro atoms. The molecule has 0 aliphatic heterocycles. The smallest absolute Gasteiger partial charge is 0.325 e. The third-order valence-corrected chi connectivity index (χ3v) is 4.76. The molecule has 0 atom stereocenters. The number of carbonyl (C=O) groups is 1. The molecule has 1 N–H and O–H groups in total. The maximum absolute atomic E-state index is 12.7. The summed E-state index contributed by atoms with van der Waals surface area (Å²) in [5.74, 6) is -0.383. The van der Waals surface area contributed by atoms with E-state index in [1.165, 1.54) is 0 Å². The van der Waals surface area contributed by atoms with Crippen LogP contribution in [-0.4, -0.2) is 16.6 Å². The van der Waals surface area contributed by atoms with Crippen LogP contribution in [0.3, 0.4) is 0 Å². The maximum atomic E-state index is 12.7. The topological polar surface area (TPSA) is 72.2 Å². The molecule has 1 amide bonds. The van der Waals surface area contributed by atoms with Gasteiger partial charge in [0.15, 0.2) is 0 Å². The molecule has 2 aromatic rings. The Hall–Kier alpha value is -2.55. The minimum Gasteiger partial charge on any atom is -0.325 e. The summed E-state index contributed by atoms with van der Waals surface area (Å²) in [6, 6.07) is 9.52. The molecule has 0 fully saturated rings. The van der Waals surface area contributed by atoms with Crippen LogP contribution < -0.4 is 5.32 Å². The van der Waals surface area contributed by atoms with E-state index < -0.39 is 28.3 Å². The SMILES string of the molecule is CC(C)c1ccccc1NC(=O)CSc1ccc(C(F)(F)F)cc1[N+](=O)[O-]. The first-order chi connectivity index (χ1) is 12.6. The van der Waals surface area contributed by atoms with Crippen LogP contribution in [0.15, 0.2) is 47.4 Å². The highest BCUT2D eigenvalue weighted by Gasteiger charge is 2.33. The first kappa shape index (κ1) is 20.8. The van der Waals surface area contributed by atoms with Crippen LogP contribution in [0.5, 0.6) is 0 Å². The number of nitro groups is 1. The molecule has 0 heterocycles. The molecule has 0 aliphatic rings. The number of carbonyl (C=O) groups excluding carboxylic acids is 1. The predicted molar refractivity (Wildman–Crippen MR) is 98.0 cm³/mol. The van der Waals surface area contributed by atoms with Gasteiger partial charge in [-0.05, 0) is 29.7 Å². The molecule has 2 aromatic carbocycles. The fourth-order valence-corrected chi connectivity index (χ4v) is 3.21. The number of anilines is 1. The lowest BCUT2D eigenvalue weighted by atomic mass is 10.0. The van der Waals surface area contributed by atoms with Gasteiger partial charge in [0.25, 0.3) is 5.69 Å². The number of nitro benzene ring substituents is 1. The summed E-state index contributed by atoms with van der Waals surface area (Å²) in [5.41, 5.74) is -0.199. The number of halogens is 3. The molecular formula is C18H17F3N2O3S. The Morgan fingerprint density at radius 2 is 1.89 bits per heavy atom. The Balaban J connectivity index is 2.12. The summed E-state index contributed by atoms with van der Waals surface area (Å²) in [4.78, 5) is 22.4. The van der Waals surface area contributed by atoms with Gasteiger partial charge < -0.3 is 5.32 Å². The van der Waals surface area contributed by atoms with Crippen molar-refractivity contribution in [2.24, 2.45) is 0 Å². The number of benzene rings is 2. The number of hydrogen-bond acceptors (Lipinski definition) is 4. The molecule has 0 saturated carbocycles. The summed E-state index contributed by atoms with van der Waals surface area (Å²) in [7, 11) is 0. The van der Waals surface area contributed by atoms with Crippen molar-refractivity contribution in [2.45, 2.75) is 30.8 Å². The van der Waals surface area contributed by atoms with E-state index in [4.69, 9.17) is 0 Å². The largest absolute Gasteiger partial charge is 0.416 e. The summed E-state index contributed by atoms with van der Waals surface area (Å²) < 4.78 is 38.2. The highest BCUT2D eigenvalue weighted by atomic mass is 32.2.